The Hall–Kier alpha value is -3.99. The van der Waals surface area contributed by atoms with Gasteiger partial charge in [0, 0.05) is 28.7 Å². The van der Waals surface area contributed by atoms with Gasteiger partial charge in [-0.25, -0.2) is 14.6 Å². The van der Waals surface area contributed by atoms with Crippen LogP contribution >= 0.6 is 11.6 Å². The maximum Gasteiger partial charge on any atom is 0.491 e. The summed E-state index contributed by atoms with van der Waals surface area (Å²) in [6.07, 6.45) is -0.262. The van der Waals surface area contributed by atoms with Gasteiger partial charge in [-0.2, -0.15) is 18.3 Å². The highest BCUT2D eigenvalue weighted by Gasteiger charge is 2.43. The highest BCUT2D eigenvalue weighted by molar-refractivity contribution is 6.30. The maximum atomic E-state index is 12.4. The molecular weight excluding hydrogens is 475 g/mol. The molecular formula is C22H15ClF3N5O3. The number of carbonyl (C=O) groups excluding carboxylic acids is 2. The average Bonchev–Trinajstić information content (AvgIpc) is 3.41. The number of esters is 2. The van der Waals surface area contributed by atoms with Crippen LogP contribution in [0.1, 0.15) is 21.7 Å². The van der Waals surface area contributed by atoms with E-state index in [0.717, 1.165) is 16.7 Å². The quantitative estimate of drug-likeness (QED) is 0.325. The molecule has 0 aliphatic heterocycles. The van der Waals surface area contributed by atoms with Crippen LogP contribution < -0.4 is 0 Å². The number of aryl methyl sites for hydroxylation is 1. The summed E-state index contributed by atoms with van der Waals surface area (Å²) in [6.45, 7) is 1.95. The molecule has 3 aromatic heterocycles. The van der Waals surface area contributed by atoms with Crippen LogP contribution in [0.5, 0.6) is 0 Å². The first-order valence-corrected chi connectivity index (χ1v) is 10.1. The molecule has 0 saturated carbocycles. The summed E-state index contributed by atoms with van der Waals surface area (Å²) in [7, 11) is 0. The third-order valence-corrected chi connectivity index (χ3v) is 4.97. The number of pyridine rings is 1. The van der Waals surface area contributed by atoms with Crippen LogP contribution in [-0.2, 0) is 16.1 Å². The standard InChI is InChI=1S/C22H15ClF3N5O3/c1-12-18(20(32)34-21(33)22(24,25)26)30-19(29-12)17-8-14(6-7-27-17)15-9-28-31(11-15)10-13-2-4-16(23)5-3-13/h2-9,11H,10H2,1H3,(H,29,30). The molecule has 0 atom stereocenters. The van der Waals surface area contributed by atoms with Crippen molar-refractivity contribution >= 4 is 23.5 Å². The Morgan fingerprint density at radius 3 is 2.59 bits per heavy atom. The summed E-state index contributed by atoms with van der Waals surface area (Å²) in [6, 6.07) is 10.8. The van der Waals surface area contributed by atoms with E-state index in [0.29, 0.717) is 17.3 Å². The molecule has 12 heteroatoms. The van der Waals surface area contributed by atoms with Crippen molar-refractivity contribution in [3.8, 4) is 22.6 Å². The number of carbonyl (C=O) groups is 2. The molecule has 0 unspecified atom stereocenters. The lowest BCUT2D eigenvalue weighted by molar-refractivity contribution is -0.193. The van der Waals surface area contributed by atoms with Gasteiger partial charge in [0.1, 0.15) is 5.69 Å². The highest BCUT2D eigenvalue weighted by atomic mass is 35.5. The number of aromatic nitrogens is 5. The monoisotopic (exact) mass is 489 g/mol. The molecule has 1 N–H and O–H groups in total. The lowest BCUT2D eigenvalue weighted by Gasteiger charge is -2.04. The number of nitrogens with zero attached hydrogens (tertiary/aromatic N) is 4. The predicted molar refractivity (Wildman–Crippen MR) is 115 cm³/mol. The minimum Gasteiger partial charge on any atom is -0.381 e. The number of ether oxygens (including phenoxy) is 1. The van der Waals surface area contributed by atoms with Gasteiger partial charge in [0.05, 0.1) is 12.7 Å². The topological polar surface area (TPSA) is 103 Å². The van der Waals surface area contributed by atoms with Gasteiger partial charge in [0.15, 0.2) is 11.5 Å². The van der Waals surface area contributed by atoms with E-state index in [1.807, 2.05) is 18.3 Å². The summed E-state index contributed by atoms with van der Waals surface area (Å²) in [5, 5.41) is 5.00. The molecule has 4 rings (SSSR count). The normalized spacial score (nSPS) is 11.4. The number of aromatic amines is 1. The number of halogens is 4. The number of imidazole rings is 1. The second-order valence-corrected chi connectivity index (χ2v) is 7.65. The number of H-pyrrole nitrogens is 1. The van der Waals surface area contributed by atoms with Gasteiger partial charge in [-0.15, -0.1) is 0 Å². The number of hydrogen-bond donors (Lipinski definition) is 1. The van der Waals surface area contributed by atoms with Crippen LogP contribution in [0.3, 0.4) is 0 Å². The Morgan fingerprint density at radius 1 is 1.15 bits per heavy atom. The Kier molecular flexibility index (Phi) is 6.20. The van der Waals surface area contributed by atoms with E-state index in [2.05, 4.69) is 24.8 Å². The van der Waals surface area contributed by atoms with Gasteiger partial charge in [0.2, 0.25) is 0 Å². The van der Waals surface area contributed by atoms with E-state index >= 15 is 0 Å². The molecule has 0 aliphatic carbocycles. The van der Waals surface area contributed by atoms with E-state index in [1.165, 1.54) is 13.1 Å². The third kappa shape index (κ3) is 5.15. The van der Waals surface area contributed by atoms with Crippen molar-refractivity contribution in [2.45, 2.75) is 19.6 Å². The second kappa shape index (κ2) is 9.10. The smallest absolute Gasteiger partial charge is 0.381 e. The SMILES string of the molecule is Cc1[nH]c(-c2cc(-c3cnn(Cc4ccc(Cl)cc4)c3)ccn2)nc1C(=O)OC(=O)C(F)(F)F. The summed E-state index contributed by atoms with van der Waals surface area (Å²) < 4.78 is 42.7. The Bertz CT molecular complexity index is 1360. The number of benzene rings is 1. The zero-order valence-corrected chi connectivity index (χ0v) is 18.2. The third-order valence-electron chi connectivity index (χ3n) is 4.72. The zero-order valence-electron chi connectivity index (χ0n) is 17.4. The zero-order chi connectivity index (χ0) is 24.5. The van der Waals surface area contributed by atoms with Gasteiger partial charge in [-0.1, -0.05) is 23.7 Å². The average molecular weight is 490 g/mol. The van der Waals surface area contributed by atoms with Gasteiger partial charge in [-0.3, -0.25) is 9.67 Å². The van der Waals surface area contributed by atoms with Crippen molar-refractivity contribution in [2.75, 3.05) is 0 Å². The molecule has 0 fully saturated rings. The minimum atomic E-state index is -5.30. The van der Waals surface area contributed by atoms with Crippen LogP contribution in [0.15, 0.2) is 55.0 Å². The largest absolute Gasteiger partial charge is 0.491 e. The first-order chi connectivity index (χ1) is 16.1. The summed E-state index contributed by atoms with van der Waals surface area (Å²) in [5.41, 5.74) is 2.55. The molecule has 3 heterocycles. The van der Waals surface area contributed by atoms with Crippen molar-refractivity contribution in [3.63, 3.8) is 0 Å². The van der Waals surface area contributed by atoms with Gasteiger partial charge in [0.25, 0.3) is 0 Å². The maximum absolute atomic E-state index is 12.4. The molecule has 34 heavy (non-hydrogen) atoms. The molecule has 0 amide bonds. The van der Waals surface area contributed by atoms with Gasteiger partial charge in [-0.05, 0) is 42.3 Å². The number of hydrogen-bond acceptors (Lipinski definition) is 6. The number of nitrogens with one attached hydrogen (secondary N) is 1. The van der Waals surface area contributed by atoms with Crippen molar-refractivity contribution in [3.05, 3.63) is 77.0 Å². The first kappa shape index (κ1) is 23.2. The van der Waals surface area contributed by atoms with Crippen LogP contribution in [0.2, 0.25) is 5.02 Å². The van der Waals surface area contributed by atoms with E-state index in [9.17, 15) is 22.8 Å². The molecule has 0 bridgehead atoms. The van der Waals surface area contributed by atoms with Crippen LogP contribution in [0.25, 0.3) is 22.6 Å². The molecule has 1 aromatic carbocycles. The second-order valence-electron chi connectivity index (χ2n) is 7.22. The highest BCUT2D eigenvalue weighted by Crippen LogP contribution is 2.25. The minimum absolute atomic E-state index is 0.123. The van der Waals surface area contributed by atoms with Crippen LogP contribution in [0.4, 0.5) is 13.2 Å². The first-order valence-electron chi connectivity index (χ1n) is 9.74. The van der Waals surface area contributed by atoms with Gasteiger partial charge < -0.3 is 9.72 Å². The van der Waals surface area contributed by atoms with Gasteiger partial charge >= 0.3 is 18.1 Å². The van der Waals surface area contributed by atoms with Crippen molar-refractivity contribution < 1.29 is 27.5 Å². The van der Waals surface area contributed by atoms with Crippen molar-refractivity contribution in [1.29, 1.82) is 0 Å². The Labute approximate surface area is 195 Å². The summed E-state index contributed by atoms with van der Waals surface area (Å²) in [5.74, 6) is -4.00. The molecule has 0 radical (unpaired) electrons. The fraction of sp³-hybridized carbons (Fsp3) is 0.136. The number of alkyl halides is 3. The van der Waals surface area contributed by atoms with Crippen LogP contribution in [-0.4, -0.2) is 42.8 Å². The van der Waals surface area contributed by atoms with E-state index in [-0.39, 0.29) is 11.5 Å². The van der Waals surface area contributed by atoms with E-state index < -0.39 is 23.8 Å². The summed E-state index contributed by atoms with van der Waals surface area (Å²) in [4.78, 5) is 33.9. The molecule has 8 nitrogen and oxygen atoms in total. The fourth-order valence-electron chi connectivity index (χ4n) is 3.09. The predicted octanol–water partition coefficient (Wildman–Crippen LogP) is 4.59. The van der Waals surface area contributed by atoms with E-state index in [1.54, 1.807) is 35.1 Å². The summed E-state index contributed by atoms with van der Waals surface area (Å²) >= 11 is 5.91. The Morgan fingerprint density at radius 2 is 1.88 bits per heavy atom. The lowest BCUT2D eigenvalue weighted by Crippen LogP contribution is -2.28. The Balaban J connectivity index is 1.54. The molecule has 4 aromatic rings. The molecule has 0 aliphatic rings. The fourth-order valence-corrected chi connectivity index (χ4v) is 3.21. The van der Waals surface area contributed by atoms with E-state index in [4.69, 9.17) is 11.6 Å². The molecule has 0 saturated heterocycles. The molecule has 0 spiro atoms. The number of rotatable bonds is 5. The molecule has 174 valence electrons. The van der Waals surface area contributed by atoms with Crippen LogP contribution in [0, 0.1) is 6.92 Å². The van der Waals surface area contributed by atoms with Crippen molar-refractivity contribution in [2.24, 2.45) is 0 Å². The van der Waals surface area contributed by atoms with Crippen molar-refractivity contribution in [1.82, 2.24) is 24.7 Å². The lowest BCUT2D eigenvalue weighted by atomic mass is 10.1.